The van der Waals surface area contributed by atoms with Gasteiger partial charge in [-0.3, -0.25) is 9.59 Å². The van der Waals surface area contributed by atoms with E-state index in [9.17, 15) is 9.59 Å². The minimum atomic E-state index is -0.676. The van der Waals surface area contributed by atoms with Gasteiger partial charge >= 0.3 is 0 Å². The van der Waals surface area contributed by atoms with Crippen molar-refractivity contribution in [1.82, 2.24) is 15.0 Å². The SMILES string of the molecule is CC1CCc2c(sc3nnn(C(C)C(=O)c4ccccc4)c(=O)c23)C1. The van der Waals surface area contributed by atoms with Crippen LogP contribution in [0.15, 0.2) is 35.1 Å². The van der Waals surface area contributed by atoms with Gasteiger partial charge in [-0.1, -0.05) is 42.5 Å². The molecule has 0 radical (unpaired) electrons. The third-order valence-corrected chi connectivity index (χ3v) is 6.09. The van der Waals surface area contributed by atoms with Crippen LogP contribution in [0.25, 0.3) is 10.2 Å². The predicted octanol–water partition coefficient (Wildman–Crippen LogP) is 3.42. The highest BCUT2D eigenvalue weighted by molar-refractivity contribution is 7.18. The number of hydrogen-bond acceptors (Lipinski definition) is 5. The van der Waals surface area contributed by atoms with Gasteiger partial charge in [0.2, 0.25) is 0 Å². The number of Topliss-reactive ketones (excluding diaryl/α,β-unsaturated/α-hetero) is 1. The molecule has 2 aromatic heterocycles. The van der Waals surface area contributed by atoms with Gasteiger partial charge in [-0.15, -0.1) is 16.4 Å². The highest BCUT2D eigenvalue weighted by Gasteiger charge is 2.26. The molecule has 4 rings (SSSR count). The maximum absolute atomic E-state index is 13.0. The van der Waals surface area contributed by atoms with Crippen LogP contribution in [0.1, 0.15) is 47.1 Å². The lowest BCUT2D eigenvalue weighted by Crippen LogP contribution is -2.31. The minimum Gasteiger partial charge on any atom is -0.292 e. The maximum Gasteiger partial charge on any atom is 0.279 e. The van der Waals surface area contributed by atoms with E-state index in [1.165, 1.54) is 9.56 Å². The number of aryl methyl sites for hydroxylation is 1. The molecular weight excluding hydrogens is 334 g/mol. The first-order valence-corrected chi connectivity index (χ1v) is 9.37. The van der Waals surface area contributed by atoms with Crippen LogP contribution in [0.3, 0.4) is 0 Å². The lowest BCUT2D eigenvalue weighted by Gasteiger charge is -2.17. The Labute approximate surface area is 149 Å². The summed E-state index contributed by atoms with van der Waals surface area (Å²) in [5.41, 5.74) is 1.49. The second-order valence-electron chi connectivity index (χ2n) is 6.78. The Morgan fingerprint density at radius 2 is 2.08 bits per heavy atom. The molecule has 0 amide bonds. The molecule has 0 N–H and O–H groups in total. The average molecular weight is 353 g/mol. The quantitative estimate of drug-likeness (QED) is 0.677. The molecule has 5 nitrogen and oxygen atoms in total. The first-order valence-electron chi connectivity index (χ1n) is 8.55. The zero-order valence-corrected chi connectivity index (χ0v) is 15.0. The number of fused-ring (bicyclic) bond motifs is 3. The van der Waals surface area contributed by atoms with Crippen molar-refractivity contribution >= 4 is 27.3 Å². The van der Waals surface area contributed by atoms with Crippen molar-refractivity contribution in [1.29, 1.82) is 0 Å². The lowest BCUT2D eigenvalue weighted by atomic mass is 9.89. The molecule has 1 aromatic carbocycles. The monoisotopic (exact) mass is 353 g/mol. The molecule has 2 heterocycles. The summed E-state index contributed by atoms with van der Waals surface area (Å²) in [6.07, 6.45) is 2.98. The Morgan fingerprint density at radius 1 is 1.32 bits per heavy atom. The van der Waals surface area contributed by atoms with Crippen LogP contribution in [0.4, 0.5) is 0 Å². The predicted molar refractivity (Wildman–Crippen MR) is 98.3 cm³/mol. The summed E-state index contributed by atoms with van der Waals surface area (Å²) in [7, 11) is 0. The number of carbonyl (C=O) groups is 1. The molecule has 0 fully saturated rings. The molecule has 0 saturated heterocycles. The van der Waals surface area contributed by atoms with E-state index < -0.39 is 6.04 Å². The average Bonchev–Trinajstić information content (AvgIpc) is 2.99. The normalized spacial score (nSPS) is 18.1. The number of hydrogen-bond donors (Lipinski definition) is 0. The Hall–Kier alpha value is -2.34. The van der Waals surface area contributed by atoms with Crippen molar-refractivity contribution in [3.63, 3.8) is 0 Å². The number of ketones is 1. The third-order valence-electron chi connectivity index (χ3n) is 4.95. The zero-order chi connectivity index (χ0) is 17.6. The van der Waals surface area contributed by atoms with Gasteiger partial charge in [-0.05, 0) is 37.7 Å². The fourth-order valence-corrected chi connectivity index (χ4v) is 4.80. The molecule has 2 unspecified atom stereocenters. The first kappa shape index (κ1) is 16.1. The van der Waals surface area contributed by atoms with Crippen LogP contribution in [0.5, 0.6) is 0 Å². The Kier molecular flexibility index (Phi) is 4.00. The highest BCUT2D eigenvalue weighted by atomic mass is 32.1. The van der Waals surface area contributed by atoms with E-state index in [4.69, 9.17) is 0 Å². The summed E-state index contributed by atoms with van der Waals surface area (Å²) < 4.78 is 1.24. The number of benzene rings is 1. The molecule has 6 heteroatoms. The molecule has 0 spiro atoms. The molecular formula is C19H19N3O2S. The highest BCUT2D eigenvalue weighted by Crippen LogP contribution is 2.35. The van der Waals surface area contributed by atoms with Crippen molar-refractivity contribution in [2.75, 3.05) is 0 Å². The number of carbonyl (C=O) groups excluding carboxylic acids is 1. The molecule has 1 aliphatic rings. The Morgan fingerprint density at radius 3 is 2.84 bits per heavy atom. The van der Waals surface area contributed by atoms with E-state index >= 15 is 0 Å². The van der Waals surface area contributed by atoms with Crippen molar-refractivity contribution in [2.45, 2.75) is 39.2 Å². The number of thiophene rings is 1. The van der Waals surface area contributed by atoms with Crippen LogP contribution in [-0.2, 0) is 12.8 Å². The van der Waals surface area contributed by atoms with Crippen LogP contribution in [0, 0.1) is 5.92 Å². The van der Waals surface area contributed by atoms with Crippen LogP contribution >= 0.6 is 11.3 Å². The largest absolute Gasteiger partial charge is 0.292 e. The van der Waals surface area contributed by atoms with Crippen molar-refractivity contribution < 1.29 is 4.79 Å². The molecule has 0 aliphatic heterocycles. The third kappa shape index (κ3) is 2.70. The van der Waals surface area contributed by atoms with Gasteiger partial charge in [-0.2, -0.15) is 4.68 Å². The Bertz CT molecular complexity index is 1010. The van der Waals surface area contributed by atoms with Crippen LogP contribution in [-0.4, -0.2) is 20.8 Å². The second kappa shape index (κ2) is 6.19. The standard InChI is InChI=1S/C19H19N3O2S/c1-11-8-9-14-15(10-11)25-18-16(14)19(24)22(21-20-18)12(2)17(23)13-6-4-3-5-7-13/h3-7,11-12H,8-10H2,1-2H3. The topological polar surface area (TPSA) is 64.8 Å². The van der Waals surface area contributed by atoms with E-state index in [1.54, 1.807) is 30.4 Å². The van der Waals surface area contributed by atoms with E-state index in [-0.39, 0.29) is 11.3 Å². The fourth-order valence-electron chi connectivity index (χ4n) is 3.48. The van der Waals surface area contributed by atoms with E-state index in [2.05, 4.69) is 17.2 Å². The van der Waals surface area contributed by atoms with Gasteiger partial charge < -0.3 is 0 Å². The summed E-state index contributed by atoms with van der Waals surface area (Å²) in [5, 5.41) is 8.97. The van der Waals surface area contributed by atoms with Gasteiger partial charge in [0.05, 0.1) is 5.39 Å². The number of aromatic nitrogens is 3. The smallest absolute Gasteiger partial charge is 0.279 e. The number of nitrogens with zero attached hydrogens (tertiary/aromatic N) is 3. The van der Waals surface area contributed by atoms with Gasteiger partial charge in [0.15, 0.2) is 10.6 Å². The summed E-state index contributed by atoms with van der Waals surface area (Å²) in [5.74, 6) is 0.503. The molecule has 2 atom stereocenters. The van der Waals surface area contributed by atoms with E-state index in [1.807, 2.05) is 18.2 Å². The van der Waals surface area contributed by atoms with Gasteiger partial charge in [0, 0.05) is 10.4 Å². The van der Waals surface area contributed by atoms with Crippen molar-refractivity contribution in [2.24, 2.45) is 5.92 Å². The molecule has 0 bridgehead atoms. The molecule has 25 heavy (non-hydrogen) atoms. The first-order chi connectivity index (χ1) is 12.1. The van der Waals surface area contributed by atoms with Gasteiger partial charge in [0.1, 0.15) is 6.04 Å². The second-order valence-corrected chi connectivity index (χ2v) is 7.86. The lowest BCUT2D eigenvalue weighted by molar-refractivity contribution is 0.0923. The molecule has 128 valence electrons. The van der Waals surface area contributed by atoms with Gasteiger partial charge in [0.25, 0.3) is 5.56 Å². The summed E-state index contributed by atoms with van der Waals surface area (Å²) >= 11 is 1.57. The van der Waals surface area contributed by atoms with Crippen LogP contribution < -0.4 is 5.56 Å². The van der Waals surface area contributed by atoms with E-state index in [0.717, 1.165) is 24.8 Å². The summed E-state index contributed by atoms with van der Waals surface area (Å²) in [6.45, 7) is 3.94. The summed E-state index contributed by atoms with van der Waals surface area (Å²) in [4.78, 5) is 27.7. The fraction of sp³-hybridized carbons (Fsp3) is 0.368. The zero-order valence-electron chi connectivity index (χ0n) is 14.2. The maximum atomic E-state index is 13.0. The molecule has 3 aromatic rings. The van der Waals surface area contributed by atoms with Crippen LogP contribution in [0.2, 0.25) is 0 Å². The van der Waals surface area contributed by atoms with Crippen molar-refractivity contribution in [3.05, 3.63) is 56.7 Å². The minimum absolute atomic E-state index is 0.130. The summed E-state index contributed by atoms with van der Waals surface area (Å²) in [6, 6.07) is 8.32. The van der Waals surface area contributed by atoms with E-state index in [0.29, 0.717) is 21.7 Å². The number of rotatable bonds is 3. The molecule has 1 aliphatic carbocycles. The Balaban J connectivity index is 1.80. The van der Waals surface area contributed by atoms with Crippen molar-refractivity contribution in [3.8, 4) is 0 Å². The van der Waals surface area contributed by atoms with Gasteiger partial charge in [-0.25, -0.2) is 0 Å². The molecule has 0 saturated carbocycles.